The molecule has 0 spiro atoms. The number of anilines is 1. The zero-order valence-electron chi connectivity index (χ0n) is 17.4. The van der Waals surface area contributed by atoms with E-state index in [1.165, 1.54) is 28.9 Å². The van der Waals surface area contributed by atoms with Crippen molar-refractivity contribution in [2.75, 3.05) is 25.1 Å². The van der Waals surface area contributed by atoms with Gasteiger partial charge in [0, 0.05) is 38.1 Å². The molecule has 1 amide bonds. The molecular formula is C21H22F4N4O3. The van der Waals surface area contributed by atoms with Crippen molar-refractivity contribution in [2.24, 2.45) is 0 Å². The van der Waals surface area contributed by atoms with Gasteiger partial charge in [0.15, 0.2) is 0 Å². The number of hydrogen-bond acceptors (Lipinski definition) is 5. The molecule has 172 valence electrons. The number of nitrogens with zero attached hydrogens (tertiary/aromatic N) is 3. The van der Waals surface area contributed by atoms with E-state index in [9.17, 15) is 22.4 Å². The van der Waals surface area contributed by atoms with Crippen LogP contribution in [0.4, 0.5) is 23.2 Å². The maximum atomic E-state index is 14.5. The number of fused-ring (bicyclic) bond motifs is 1. The number of amides is 1. The van der Waals surface area contributed by atoms with Crippen LogP contribution in [0.5, 0.6) is 5.75 Å². The number of carbonyl (C=O) groups excluding carboxylic acids is 1. The molecular weight excluding hydrogens is 432 g/mol. The van der Waals surface area contributed by atoms with Gasteiger partial charge in [-0.15, -0.1) is 0 Å². The number of hydrogen-bond donors (Lipinski definition) is 1. The largest absolute Gasteiger partial charge is 0.491 e. The zero-order valence-corrected chi connectivity index (χ0v) is 17.4. The molecule has 1 N–H and O–H groups in total. The van der Waals surface area contributed by atoms with Gasteiger partial charge in [0.2, 0.25) is 0 Å². The topological polar surface area (TPSA) is 77.8 Å². The van der Waals surface area contributed by atoms with Crippen LogP contribution in [0.15, 0.2) is 36.7 Å². The average Bonchev–Trinajstić information content (AvgIpc) is 3.16. The molecule has 11 heteroatoms. The summed E-state index contributed by atoms with van der Waals surface area (Å²) < 4.78 is 65.3. The van der Waals surface area contributed by atoms with Crippen LogP contribution in [-0.2, 0) is 10.9 Å². The fourth-order valence-corrected chi connectivity index (χ4v) is 2.94. The maximum Gasteiger partial charge on any atom is 0.433 e. The highest BCUT2D eigenvalue weighted by molar-refractivity contribution is 6.03. The summed E-state index contributed by atoms with van der Waals surface area (Å²) in [5.74, 6) is -0.612. The maximum absolute atomic E-state index is 14.5. The van der Waals surface area contributed by atoms with E-state index in [1.54, 1.807) is 6.92 Å². The van der Waals surface area contributed by atoms with Gasteiger partial charge in [-0.2, -0.15) is 13.2 Å². The Balaban J connectivity index is 1.88. The Kier molecular flexibility index (Phi) is 7.29. The molecule has 3 heterocycles. The third kappa shape index (κ3) is 5.52. The van der Waals surface area contributed by atoms with Gasteiger partial charge in [-0.25, -0.2) is 14.4 Å². The lowest BCUT2D eigenvalue weighted by molar-refractivity contribution is -0.141. The lowest BCUT2D eigenvalue weighted by atomic mass is 10.2. The van der Waals surface area contributed by atoms with Gasteiger partial charge in [-0.05, 0) is 26.0 Å². The Morgan fingerprint density at radius 1 is 1.19 bits per heavy atom. The molecule has 32 heavy (non-hydrogen) atoms. The van der Waals surface area contributed by atoms with Crippen LogP contribution in [0.3, 0.4) is 0 Å². The molecule has 3 aromatic rings. The summed E-state index contributed by atoms with van der Waals surface area (Å²) in [5, 5.41) is 2.51. The SMILES string of the molecule is CCOCC[C@@H](F)c1cn2cc(NC(=O)c3cccc(C(F)(F)F)n3)c(OCC)cc2n1. The van der Waals surface area contributed by atoms with Crippen LogP contribution in [0.25, 0.3) is 5.65 Å². The van der Waals surface area contributed by atoms with Crippen LogP contribution in [0.1, 0.15) is 48.3 Å². The standard InChI is InChI=1S/C21H22F4N4O3/c1-3-31-9-8-13(22)15-11-29-12-16(17(32-4-2)10-19(29)27-15)28-20(30)14-6-5-7-18(26-14)21(23,24)25/h5-7,10-13H,3-4,8-9H2,1-2H3,(H,28,30)/t13-/m1/s1. The first-order chi connectivity index (χ1) is 15.2. The Morgan fingerprint density at radius 3 is 2.66 bits per heavy atom. The molecule has 0 saturated heterocycles. The third-order valence-electron chi connectivity index (χ3n) is 4.43. The smallest absolute Gasteiger partial charge is 0.433 e. The van der Waals surface area contributed by atoms with E-state index < -0.39 is 29.6 Å². The van der Waals surface area contributed by atoms with Gasteiger partial charge in [0.1, 0.15) is 34.6 Å². The first kappa shape index (κ1) is 23.5. The third-order valence-corrected chi connectivity index (χ3v) is 4.43. The highest BCUT2D eigenvalue weighted by Crippen LogP contribution is 2.30. The van der Waals surface area contributed by atoms with Crippen molar-refractivity contribution in [2.45, 2.75) is 32.6 Å². The molecule has 0 aliphatic carbocycles. The van der Waals surface area contributed by atoms with E-state index in [4.69, 9.17) is 9.47 Å². The number of aromatic nitrogens is 3. The number of pyridine rings is 2. The Hall–Kier alpha value is -3.21. The van der Waals surface area contributed by atoms with Crippen molar-refractivity contribution in [1.82, 2.24) is 14.4 Å². The highest BCUT2D eigenvalue weighted by Gasteiger charge is 2.33. The Labute approximate surface area is 181 Å². The summed E-state index contributed by atoms with van der Waals surface area (Å²) in [6.45, 7) is 4.54. The quantitative estimate of drug-likeness (QED) is 0.370. The molecule has 0 aliphatic heterocycles. The Morgan fingerprint density at radius 2 is 1.97 bits per heavy atom. The number of ether oxygens (including phenoxy) is 2. The van der Waals surface area contributed by atoms with Crippen molar-refractivity contribution < 1.29 is 31.8 Å². The van der Waals surface area contributed by atoms with Gasteiger partial charge in [0.25, 0.3) is 5.91 Å². The van der Waals surface area contributed by atoms with Gasteiger partial charge < -0.3 is 19.2 Å². The first-order valence-electron chi connectivity index (χ1n) is 9.95. The number of rotatable bonds is 9. The minimum atomic E-state index is -4.68. The minimum absolute atomic E-state index is 0.140. The molecule has 0 fully saturated rings. The number of carbonyl (C=O) groups is 1. The van der Waals surface area contributed by atoms with E-state index in [2.05, 4.69) is 15.3 Å². The van der Waals surface area contributed by atoms with Gasteiger partial charge >= 0.3 is 6.18 Å². The number of alkyl halides is 4. The summed E-state index contributed by atoms with van der Waals surface area (Å²) in [5.41, 5.74) is -0.829. The van der Waals surface area contributed by atoms with Crippen molar-refractivity contribution in [3.05, 3.63) is 53.7 Å². The fourth-order valence-electron chi connectivity index (χ4n) is 2.94. The van der Waals surface area contributed by atoms with E-state index in [-0.39, 0.29) is 36.8 Å². The summed E-state index contributed by atoms with van der Waals surface area (Å²) in [7, 11) is 0. The molecule has 1 atom stereocenters. The molecule has 0 saturated carbocycles. The molecule has 0 aromatic carbocycles. The van der Waals surface area contributed by atoms with E-state index in [1.807, 2.05) is 6.92 Å². The van der Waals surface area contributed by atoms with E-state index in [0.29, 0.717) is 12.3 Å². The van der Waals surface area contributed by atoms with Crippen LogP contribution in [-0.4, -0.2) is 40.1 Å². The molecule has 7 nitrogen and oxygen atoms in total. The first-order valence-corrected chi connectivity index (χ1v) is 9.95. The van der Waals surface area contributed by atoms with Crippen molar-refractivity contribution in [1.29, 1.82) is 0 Å². The second kappa shape index (κ2) is 9.94. The summed E-state index contributed by atoms with van der Waals surface area (Å²) in [6, 6.07) is 4.56. The van der Waals surface area contributed by atoms with Crippen molar-refractivity contribution in [3.63, 3.8) is 0 Å². The number of imidazole rings is 1. The van der Waals surface area contributed by atoms with Crippen molar-refractivity contribution in [3.8, 4) is 5.75 Å². The summed E-state index contributed by atoms with van der Waals surface area (Å²) >= 11 is 0. The predicted molar refractivity (Wildman–Crippen MR) is 109 cm³/mol. The van der Waals surface area contributed by atoms with Crippen LogP contribution in [0.2, 0.25) is 0 Å². The second-order valence-electron chi connectivity index (χ2n) is 6.73. The molecule has 0 bridgehead atoms. The molecule has 0 aliphatic rings. The summed E-state index contributed by atoms with van der Waals surface area (Å²) in [4.78, 5) is 20.2. The molecule has 3 aromatic heterocycles. The lowest BCUT2D eigenvalue weighted by Gasteiger charge is -2.12. The zero-order chi connectivity index (χ0) is 23.3. The fraction of sp³-hybridized carbons (Fsp3) is 0.381. The average molecular weight is 454 g/mol. The summed E-state index contributed by atoms with van der Waals surface area (Å²) in [6.07, 6.45) is -2.95. The van der Waals surface area contributed by atoms with E-state index >= 15 is 0 Å². The number of nitrogens with one attached hydrogen (secondary N) is 1. The van der Waals surface area contributed by atoms with Gasteiger partial charge in [0.05, 0.1) is 12.3 Å². The number of halogens is 4. The van der Waals surface area contributed by atoms with Gasteiger partial charge in [-0.3, -0.25) is 4.79 Å². The van der Waals surface area contributed by atoms with Crippen LogP contribution < -0.4 is 10.1 Å². The van der Waals surface area contributed by atoms with Crippen LogP contribution in [0, 0.1) is 0 Å². The minimum Gasteiger partial charge on any atom is -0.491 e. The highest BCUT2D eigenvalue weighted by atomic mass is 19.4. The Bertz CT molecular complexity index is 1080. The lowest BCUT2D eigenvalue weighted by Crippen LogP contribution is -2.17. The predicted octanol–water partition coefficient (Wildman–Crippen LogP) is 4.84. The molecule has 0 unspecified atom stereocenters. The molecule has 3 rings (SSSR count). The normalized spacial score (nSPS) is 12.7. The van der Waals surface area contributed by atoms with Gasteiger partial charge in [-0.1, -0.05) is 6.07 Å². The van der Waals surface area contributed by atoms with Crippen LogP contribution >= 0.6 is 0 Å². The monoisotopic (exact) mass is 454 g/mol. The van der Waals surface area contributed by atoms with E-state index in [0.717, 1.165) is 12.1 Å². The second-order valence-corrected chi connectivity index (χ2v) is 6.73. The van der Waals surface area contributed by atoms with Crippen molar-refractivity contribution >= 4 is 17.2 Å². The molecule has 0 radical (unpaired) electrons.